The molecule has 48 heavy (non-hydrogen) atoms. The van der Waals surface area contributed by atoms with Crippen LogP contribution in [0.3, 0.4) is 0 Å². The van der Waals surface area contributed by atoms with Gasteiger partial charge in [-0.1, -0.05) is 38.1 Å². The van der Waals surface area contributed by atoms with E-state index in [0.29, 0.717) is 11.8 Å². The predicted octanol–water partition coefficient (Wildman–Crippen LogP) is 5.62. The molecule has 2 N–H and O–H groups in total. The Balaban J connectivity index is 0.918. The molecule has 1 unspecified atom stereocenters. The zero-order valence-corrected chi connectivity index (χ0v) is 28.4. The fraction of sp³-hybridized carbons (Fsp3) is 0.278. The summed E-state index contributed by atoms with van der Waals surface area (Å²) in [5, 5.41) is 5.65. The number of carbonyl (C=O) groups excluding carboxylic acids is 4. The van der Waals surface area contributed by atoms with E-state index in [1.165, 1.54) is 0 Å². The summed E-state index contributed by atoms with van der Waals surface area (Å²) < 4.78 is 13.0. The van der Waals surface area contributed by atoms with Crippen LogP contribution >= 0.6 is 22.6 Å². The molecule has 7 rings (SSSR count). The molecule has 4 amide bonds. The van der Waals surface area contributed by atoms with Crippen LogP contribution in [0.5, 0.6) is 17.5 Å². The molecule has 1 atom stereocenters. The maximum atomic E-state index is 13.1. The first kappa shape index (κ1) is 31.7. The minimum Gasteiger partial charge on any atom is -0.490 e. The van der Waals surface area contributed by atoms with Crippen molar-refractivity contribution in [2.75, 3.05) is 5.32 Å². The van der Waals surface area contributed by atoms with Gasteiger partial charge in [-0.15, -0.1) is 0 Å². The number of piperidine rings is 1. The normalized spacial score (nSPS) is 20.6. The number of halogens is 1. The molecular weight excluding hydrogens is 725 g/mol. The molecule has 0 spiro atoms. The summed E-state index contributed by atoms with van der Waals surface area (Å²) in [6.45, 7) is 4.36. The van der Waals surface area contributed by atoms with Gasteiger partial charge in [0.2, 0.25) is 11.8 Å². The lowest BCUT2D eigenvalue weighted by molar-refractivity contribution is -0.136. The highest BCUT2D eigenvalue weighted by Crippen LogP contribution is 2.36. The third kappa shape index (κ3) is 6.23. The van der Waals surface area contributed by atoms with Crippen molar-refractivity contribution in [3.05, 3.63) is 105 Å². The van der Waals surface area contributed by atoms with Crippen LogP contribution in [0, 0.1) is 3.57 Å². The summed E-state index contributed by atoms with van der Waals surface area (Å²) in [6.07, 6.45) is 5.23. The van der Waals surface area contributed by atoms with Crippen molar-refractivity contribution in [2.24, 2.45) is 0 Å². The van der Waals surface area contributed by atoms with Crippen LogP contribution in [0.25, 0.3) is 0 Å². The van der Waals surface area contributed by atoms with Crippen molar-refractivity contribution < 1.29 is 28.7 Å². The number of ether oxygens (including phenoxy) is 2. The maximum absolute atomic E-state index is 13.1. The van der Waals surface area contributed by atoms with E-state index in [0.717, 1.165) is 43.9 Å². The molecule has 4 aromatic rings. The van der Waals surface area contributed by atoms with E-state index >= 15 is 0 Å². The topological polar surface area (TPSA) is 140 Å². The highest BCUT2D eigenvalue weighted by atomic mass is 127. The summed E-state index contributed by atoms with van der Waals surface area (Å²) >= 11 is 2.15. The third-order valence-electron chi connectivity index (χ3n) is 9.17. The average Bonchev–Trinajstić information content (AvgIpc) is 3.30. The van der Waals surface area contributed by atoms with Gasteiger partial charge in [0.1, 0.15) is 23.6 Å². The van der Waals surface area contributed by atoms with Gasteiger partial charge in [-0.3, -0.25) is 29.4 Å². The number of imide groups is 2. The van der Waals surface area contributed by atoms with Gasteiger partial charge in [0, 0.05) is 52.4 Å². The van der Waals surface area contributed by atoms with Gasteiger partial charge in [-0.05, 0) is 82.6 Å². The lowest BCUT2D eigenvalue weighted by Gasteiger charge is -2.36. The van der Waals surface area contributed by atoms with Gasteiger partial charge in [-0.25, -0.2) is 9.97 Å². The largest absolute Gasteiger partial charge is 0.490 e. The first-order chi connectivity index (χ1) is 23.0. The Morgan fingerprint density at radius 2 is 1.48 bits per heavy atom. The van der Waals surface area contributed by atoms with Crippen LogP contribution in [-0.4, -0.2) is 56.7 Å². The predicted molar refractivity (Wildman–Crippen MR) is 184 cm³/mol. The van der Waals surface area contributed by atoms with Crippen LogP contribution in [0.2, 0.25) is 0 Å². The Labute approximate surface area is 290 Å². The fourth-order valence-electron chi connectivity index (χ4n) is 6.28. The number of hydrogen-bond acceptors (Lipinski definition) is 9. The van der Waals surface area contributed by atoms with Gasteiger partial charge in [0.05, 0.1) is 11.1 Å². The third-order valence-corrected chi connectivity index (χ3v) is 9.72. The van der Waals surface area contributed by atoms with Crippen molar-refractivity contribution in [1.29, 1.82) is 0 Å². The summed E-state index contributed by atoms with van der Waals surface area (Å²) in [6, 6.07) is 20.7. The van der Waals surface area contributed by atoms with Crippen molar-refractivity contribution in [1.82, 2.24) is 20.2 Å². The van der Waals surface area contributed by atoms with E-state index in [2.05, 4.69) is 81.3 Å². The van der Waals surface area contributed by atoms with Crippen LogP contribution < -0.4 is 20.1 Å². The van der Waals surface area contributed by atoms with E-state index in [1.807, 2.05) is 24.3 Å². The number of hydrogen-bond donors (Lipinski definition) is 2. The van der Waals surface area contributed by atoms with Crippen molar-refractivity contribution >= 4 is 51.9 Å². The molecule has 244 valence electrons. The highest BCUT2D eigenvalue weighted by molar-refractivity contribution is 14.1. The van der Waals surface area contributed by atoms with E-state index in [1.54, 1.807) is 30.6 Å². The molecule has 1 aliphatic carbocycles. The number of anilines is 1. The molecule has 1 saturated carbocycles. The summed E-state index contributed by atoms with van der Waals surface area (Å²) in [5.41, 5.74) is 3.28. The summed E-state index contributed by atoms with van der Waals surface area (Å²) in [4.78, 5) is 59.3. The zero-order chi connectivity index (χ0) is 33.6. The Kier molecular flexibility index (Phi) is 8.36. The van der Waals surface area contributed by atoms with Crippen molar-refractivity contribution in [3.8, 4) is 17.5 Å². The lowest BCUT2D eigenvalue weighted by atomic mass is 9.78. The Bertz CT molecular complexity index is 1910. The number of rotatable bonds is 9. The molecule has 2 fully saturated rings. The van der Waals surface area contributed by atoms with Crippen LogP contribution in [0.1, 0.15) is 71.4 Å². The summed E-state index contributed by atoms with van der Waals surface area (Å²) in [7, 11) is 0. The zero-order valence-electron chi connectivity index (χ0n) is 26.2. The molecule has 1 saturated heterocycles. The van der Waals surface area contributed by atoms with Gasteiger partial charge in [-0.2, -0.15) is 0 Å². The SMILES string of the molecule is CC(C)(c1ccc(Oc2ncc(I)cn2)cc1)c1ccc(OC2CC(Nc3ccc4c(c3)C(=O)N(C3CCC(=O)NC3=O)C4=O)C2)cc1. The monoisotopic (exact) mass is 757 g/mol. The van der Waals surface area contributed by atoms with E-state index in [9.17, 15) is 19.2 Å². The van der Waals surface area contributed by atoms with E-state index in [4.69, 9.17) is 9.47 Å². The molecule has 1 aromatic heterocycles. The smallest absolute Gasteiger partial charge is 0.321 e. The fourth-order valence-corrected chi connectivity index (χ4v) is 6.56. The van der Waals surface area contributed by atoms with Crippen molar-refractivity contribution in [2.45, 2.75) is 63.1 Å². The number of nitrogens with zero attached hydrogens (tertiary/aromatic N) is 3. The number of aromatic nitrogens is 2. The minimum atomic E-state index is -0.983. The molecule has 11 nitrogen and oxygen atoms in total. The van der Waals surface area contributed by atoms with Gasteiger partial charge in [0.15, 0.2) is 0 Å². The minimum absolute atomic E-state index is 0.0478. The van der Waals surface area contributed by atoms with Crippen LogP contribution in [-0.2, 0) is 15.0 Å². The van der Waals surface area contributed by atoms with Crippen LogP contribution in [0.4, 0.5) is 5.69 Å². The van der Waals surface area contributed by atoms with Gasteiger partial charge in [0.25, 0.3) is 11.8 Å². The molecular formula is C36H32IN5O6. The van der Waals surface area contributed by atoms with E-state index in [-0.39, 0.29) is 41.5 Å². The van der Waals surface area contributed by atoms with Crippen LogP contribution in [0.15, 0.2) is 79.1 Å². The second-order valence-corrected chi connectivity index (χ2v) is 14.0. The number of carbonyl (C=O) groups is 4. The molecule has 3 heterocycles. The molecule has 2 aliphatic heterocycles. The quantitative estimate of drug-likeness (QED) is 0.165. The Hall–Kier alpha value is -4.85. The highest BCUT2D eigenvalue weighted by Gasteiger charge is 2.44. The molecule has 3 aliphatic rings. The standard InChI is InChI=1S/C36H32IN5O6/c1-36(2,21-5-10-26(11-6-21)48-35-38-18-22(37)19-39-35)20-3-8-25(9-4-20)47-27-15-24(16-27)40-23-7-12-28-29(17-23)34(46)42(33(28)45)30-13-14-31(43)41-32(30)44/h3-12,17-19,24,27,30,40H,13-16H2,1-2H3,(H,41,43,44). The number of benzene rings is 3. The molecule has 12 heteroatoms. The first-order valence-electron chi connectivity index (χ1n) is 15.7. The van der Waals surface area contributed by atoms with Gasteiger partial charge < -0.3 is 14.8 Å². The maximum Gasteiger partial charge on any atom is 0.321 e. The number of amides is 4. The Morgan fingerprint density at radius 3 is 2.12 bits per heavy atom. The second kappa shape index (κ2) is 12.6. The number of nitrogens with one attached hydrogen (secondary N) is 2. The lowest BCUT2D eigenvalue weighted by Crippen LogP contribution is -2.54. The average molecular weight is 758 g/mol. The Morgan fingerprint density at radius 1 is 0.854 bits per heavy atom. The number of fused-ring (bicyclic) bond motifs is 1. The summed E-state index contributed by atoms with van der Waals surface area (Å²) in [5.74, 6) is -0.585. The van der Waals surface area contributed by atoms with E-state index < -0.39 is 29.7 Å². The molecule has 3 aromatic carbocycles. The second-order valence-electron chi connectivity index (χ2n) is 12.7. The van der Waals surface area contributed by atoms with Gasteiger partial charge >= 0.3 is 6.01 Å². The molecule has 0 bridgehead atoms. The van der Waals surface area contributed by atoms with Crippen molar-refractivity contribution in [3.63, 3.8) is 0 Å². The first-order valence-corrected chi connectivity index (χ1v) is 16.8. The molecule has 0 radical (unpaired) electrons.